The quantitative estimate of drug-likeness (QED) is 0.627. The van der Waals surface area contributed by atoms with E-state index < -0.39 is 0 Å². The molecule has 4 rings (SSSR count). The number of ether oxygens (including phenoxy) is 3. The Kier molecular flexibility index (Phi) is 4.63. The van der Waals surface area contributed by atoms with E-state index in [1.54, 1.807) is 49.6 Å². The van der Waals surface area contributed by atoms with Gasteiger partial charge in [0.15, 0.2) is 16.6 Å². The van der Waals surface area contributed by atoms with Gasteiger partial charge in [0, 0.05) is 0 Å². The molecule has 8 heteroatoms. The van der Waals surface area contributed by atoms with E-state index in [0.717, 1.165) is 5.56 Å². The predicted octanol–water partition coefficient (Wildman–Crippen LogP) is 3.38. The fraction of sp³-hybridized carbons (Fsp3) is 0.158. The minimum atomic E-state index is -0.290. The molecule has 1 N–H and O–H groups in total. The van der Waals surface area contributed by atoms with Gasteiger partial charge in [-0.05, 0) is 48.1 Å². The Morgan fingerprint density at radius 2 is 2.04 bits per heavy atom. The van der Waals surface area contributed by atoms with Crippen molar-refractivity contribution in [3.05, 3.63) is 52.7 Å². The van der Waals surface area contributed by atoms with Gasteiger partial charge in [-0.2, -0.15) is 0 Å². The van der Waals surface area contributed by atoms with Gasteiger partial charge in [0.1, 0.15) is 18.9 Å². The number of fused-ring (bicyclic) bond motifs is 1. The zero-order valence-corrected chi connectivity index (χ0v) is 15.9. The Morgan fingerprint density at radius 1 is 1.26 bits per heavy atom. The summed E-state index contributed by atoms with van der Waals surface area (Å²) in [5, 5.41) is 3.65. The van der Waals surface area contributed by atoms with Gasteiger partial charge in [-0.1, -0.05) is 23.7 Å². The van der Waals surface area contributed by atoms with Crippen LogP contribution < -0.4 is 24.4 Å². The molecular formula is C19H15ClN2O4S. The number of nitrogens with one attached hydrogen (secondary N) is 1. The first-order valence-electron chi connectivity index (χ1n) is 8.18. The summed E-state index contributed by atoms with van der Waals surface area (Å²) in [5.74, 6) is 1.38. The number of nitrogens with zero attached hydrogens (tertiary/aromatic N) is 1. The Balaban J connectivity index is 1.70. The number of anilines is 1. The molecule has 0 spiro atoms. The van der Waals surface area contributed by atoms with Crippen molar-refractivity contribution in [3.8, 4) is 17.2 Å². The van der Waals surface area contributed by atoms with E-state index in [9.17, 15) is 4.79 Å². The summed E-state index contributed by atoms with van der Waals surface area (Å²) in [6, 6.07) is 10.6. The number of hydrogen-bond donors (Lipinski definition) is 1. The molecule has 1 fully saturated rings. The van der Waals surface area contributed by atoms with E-state index in [2.05, 4.69) is 5.32 Å². The average Bonchev–Trinajstić information content (AvgIpc) is 2.95. The van der Waals surface area contributed by atoms with Crippen molar-refractivity contribution in [1.29, 1.82) is 0 Å². The van der Waals surface area contributed by atoms with Gasteiger partial charge < -0.3 is 19.5 Å². The second kappa shape index (κ2) is 7.09. The van der Waals surface area contributed by atoms with Crippen LogP contribution in [-0.2, 0) is 4.79 Å². The number of carbonyl (C=O) groups excluding carboxylic acids is 1. The number of methoxy groups -OCH3 is 1. The summed E-state index contributed by atoms with van der Waals surface area (Å²) >= 11 is 11.5. The molecule has 2 aromatic rings. The number of thiocarbonyl (C=S) groups is 1. The van der Waals surface area contributed by atoms with Crippen LogP contribution in [0.5, 0.6) is 17.2 Å². The van der Waals surface area contributed by atoms with Crippen molar-refractivity contribution in [3.63, 3.8) is 0 Å². The average molecular weight is 403 g/mol. The topological polar surface area (TPSA) is 60.0 Å². The second-order valence-corrected chi connectivity index (χ2v) is 6.62. The highest BCUT2D eigenvalue weighted by Crippen LogP contribution is 2.41. The van der Waals surface area contributed by atoms with Crippen molar-refractivity contribution in [2.45, 2.75) is 0 Å². The summed E-state index contributed by atoms with van der Waals surface area (Å²) in [6.45, 7) is 0.919. The molecule has 27 heavy (non-hydrogen) atoms. The molecule has 6 nitrogen and oxygen atoms in total. The number of carbonyl (C=O) groups is 1. The van der Waals surface area contributed by atoms with Crippen molar-refractivity contribution in [2.24, 2.45) is 0 Å². The molecule has 2 aromatic carbocycles. The molecule has 0 radical (unpaired) electrons. The second-order valence-electron chi connectivity index (χ2n) is 5.83. The van der Waals surface area contributed by atoms with Crippen molar-refractivity contribution < 1.29 is 19.0 Å². The maximum atomic E-state index is 12.9. The van der Waals surface area contributed by atoms with Crippen LogP contribution in [-0.4, -0.2) is 31.3 Å². The Hall–Kier alpha value is -2.77. The van der Waals surface area contributed by atoms with Crippen molar-refractivity contribution >= 4 is 46.6 Å². The fourth-order valence-electron chi connectivity index (χ4n) is 2.93. The maximum Gasteiger partial charge on any atom is 0.281 e. The molecule has 138 valence electrons. The van der Waals surface area contributed by atoms with Crippen molar-refractivity contribution in [1.82, 2.24) is 5.32 Å². The van der Waals surface area contributed by atoms with E-state index in [1.165, 1.54) is 4.90 Å². The Labute approximate surface area is 166 Å². The molecule has 0 saturated carbocycles. The Morgan fingerprint density at radius 3 is 2.81 bits per heavy atom. The SMILES string of the molecule is COc1cc(/C=C2\NC(=S)N(c3ccccc3Cl)C2=O)cc2c1OCCO2. The van der Waals surface area contributed by atoms with Crippen LogP contribution in [0.2, 0.25) is 5.02 Å². The zero-order chi connectivity index (χ0) is 19.0. The number of hydrogen-bond acceptors (Lipinski definition) is 5. The minimum absolute atomic E-state index is 0.267. The number of para-hydroxylation sites is 1. The number of amides is 1. The van der Waals surface area contributed by atoms with Gasteiger partial charge in [-0.25, -0.2) is 0 Å². The third-order valence-corrected chi connectivity index (χ3v) is 4.74. The van der Waals surface area contributed by atoms with Crippen LogP contribution in [0.15, 0.2) is 42.1 Å². The lowest BCUT2D eigenvalue weighted by molar-refractivity contribution is -0.113. The largest absolute Gasteiger partial charge is 0.493 e. The number of halogens is 1. The molecule has 0 aliphatic carbocycles. The first kappa shape index (κ1) is 17.6. The van der Waals surface area contributed by atoms with E-state index in [0.29, 0.717) is 46.9 Å². The van der Waals surface area contributed by atoms with Crippen LogP contribution in [0.1, 0.15) is 5.56 Å². The third kappa shape index (κ3) is 3.20. The summed E-state index contributed by atoms with van der Waals surface area (Å²) in [4.78, 5) is 14.3. The monoisotopic (exact) mass is 402 g/mol. The van der Waals surface area contributed by atoms with Crippen LogP contribution in [0.4, 0.5) is 5.69 Å². The van der Waals surface area contributed by atoms with Crippen molar-refractivity contribution in [2.75, 3.05) is 25.2 Å². The molecule has 2 aliphatic rings. The molecular weight excluding hydrogens is 388 g/mol. The van der Waals surface area contributed by atoms with Gasteiger partial charge in [0.05, 0.1) is 17.8 Å². The molecule has 0 bridgehead atoms. The standard InChI is InChI=1S/C19H15ClN2O4S/c1-24-15-9-11(10-16-17(15)26-7-6-25-16)8-13-18(23)22(19(27)21-13)14-5-3-2-4-12(14)20/h2-5,8-10H,6-7H2,1H3,(H,21,27)/b13-8-. The van der Waals surface area contributed by atoms with Gasteiger partial charge in [-0.3, -0.25) is 9.69 Å². The summed E-state index contributed by atoms with van der Waals surface area (Å²) in [7, 11) is 1.55. The number of rotatable bonds is 3. The predicted molar refractivity (Wildman–Crippen MR) is 107 cm³/mol. The molecule has 1 amide bonds. The molecule has 2 aliphatic heterocycles. The summed E-state index contributed by atoms with van der Waals surface area (Å²) in [5.41, 5.74) is 1.58. The minimum Gasteiger partial charge on any atom is -0.493 e. The smallest absolute Gasteiger partial charge is 0.281 e. The van der Waals surface area contributed by atoms with E-state index in [-0.39, 0.29) is 11.0 Å². The van der Waals surface area contributed by atoms with Crippen LogP contribution in [0.3, 0.4) is 0 Å². The molecule has 1 saturated heterocycles. The highest BCUT2D eigenvalue weighted by atomic mass is 35.5. The van der Waals surface area contributed by atoms with Gasteiger partial charge in [-0.15, -0.1) is 0 Å². The summed E-state index contributed by atoms with van der Waals surface area (Å²) in [6.07, 6.45) is 1.69. The molecule has 0 unspecified atom stereocenters. The Bertz CT molecular complexity index is 959. The number of benzene rings is 2. The lowest BCUT2D eigenvalue weighted by Gasteiger charge is -2.21. The molecule has 0 atom stereocenters. The molecule has 2 heterocycles. The van der Waals surface area contributed by atoms with Gasteiger partial charge >= 0.3 is 0 Å². The maximum absolute atomic E-state index is 12.9. The van der Waals surface area contributed by atoms with Crippen LogP contribution in [0, 0.1) is 0 Å². The highest BCUT2D eigenvalue weighted by molar-refractivity contribution is 7.80. The summed E-state index contributed by atoms with van der Waals surface area (Å²) < 4.78 is 16.6. The third-order valence-electron chi connectivity index (χ3n) is 4.13. The first-order chi connectivity index (χ1) is 13.1. The zero-order valence-electron chi connectivity index (χ0n) is 14.3. The normalized spacial score (nSPS) is 17.3. The van der Waals surface area contributed by atoms with E-state index in [1.807, 2.05) is 0 Å². The van der Waals surface area contributed by atoms with E-state index >= 15 is 0 Å². The lowest BCUT2D eigenvalue weighted by atomic mass is 10.1. The fourth-order valence-corrected chi connectivity index (χ4v) is 3.44. The highest BCUT2D eigenvalue weighted by Gasteiger charge is 2.33. The van der Waals surface area contributed by atoms with Gasteiger partial charge in [0.25, 0.3) is 5.91 Å². The van der Waals surface area contributed by atoms with Gasteiger partial charge in [0.2, 0.25) is 5.75 Å². The lowest BCUT2D eigenvalue weighted by Crippen LogP contribution is -2.30. The van der Waals surface area contributed by atoms with E-state index in [4.69, 9.17) is 38.0 Å². The van der Waals surface area contributed by atoms with Crippen LogP contribution in [0.25, 0.3) is 6.08 Å². The first-order valence-corrected chi connectivity index (χ1v) is 8.96. The molecule has 0 aromatic heterocycles. The van der Waals surface area contributed by atoms with Crippen LogP contribution >= 0.6 is 23.8 Å².